The van der Waals surface area contributed by atoms with Gasteiger partial charge in [-0.3, -0.25) is 4.99 Å². The second kappa shape index (κ2) is 11.6. The van der Waals surface area contributed by atoms with E-state index in [0.717, 1.165) is 16.9 Å². The van der Waals surface area contributed by atoms with E-state index in [-0.39, 0.29) is 41.8 Å². The summed E-state index contributed by atoms with van der Waals surface area (Å²) in [4.78, 5) is 4.05. The number of aryl methyl sites for hydroxylation is 1. The SMILES string of the molecule is CN=C(NCc1ccc(C)cc1OC)NCc1c(F)cccc1OC(F)F.I. The number of alkyl halides is 2. The van der Waals surface area contributed by atoms with Gasteiger partial charge in [-0.1, -0.05) is 18.2 Å². The Morgan fingerprint density at radius 1 is 1.11 bits per heavy atom. The lowest BCUT2D eigenvalue weighted by molar-refractivity contribution is -0.0506. The van der Waals surface area contributed by atoms with Crippen LogP contribution in [-0.2, 0) is 13.1 Å². The van der Waals surface area contributed by atoms with E-state index in [0.29, 0.717) is 12.5 Å². The van der Waals surface area contributed by atoms with Crippen molar-refractivity contribution in [2.75, 3.05) is 14.2 Å². The minimum atomic E-state index is -3.03. The van der Waals surface area contributed by atoms with E-state index in [1.54, 1.807) is 14.2 Å². The average molecular weight is 509 g/mol. The van der Waals surface area contributed by atoms with Crippen molar-refractivity contribution in [1.82, 2.24) is 10.6 Å². The predicted molar refractivity (Wildman–Crippen MR) is 113 cm³/mol. The second-order valence-electron chi connectivity index (χ2n) is 5.69. The van der Waals surface area contributed by atoms with E-state index >= 15 is 0 Å². The van der Waals surface area contributed by atoms with Crippen LogP contribution in [0, 0.1) is 12.7 Å². The number of halogens is 4. The first kappa shape index (κ1) is 23.9. The van der Waals surface area contributed by atoms with Crippen molar-refractivity contribution in [2.24, 2.45) is 4.99 Å². The van der Waals surface area contributed by atoms with Gasteiger partial charge in [-0.25, -0.2) is 4.39 Å². The van der Waals surface area contributed by atoms with Crippen LogP contribution in [0.1, 0.15) is 16.7 Å². The highest BCUT2D eigenvalue weighted by Gasteiger charge is 2.14. The molecule has 0 heterocycles. The number of methoxy groups -OCH3 is 1. The summed E-state index contributed by atoms with van der Waals surface area (Å²) in [5, 5.41) is 5.97. The number of hydrogen-bond donors (Lipinski definition) is 2. The normalized spacial score (nSPS) is 11.0. The maximum Gasteiger partial charge on any atom is 0.387 e. The van der Waals surface area contributed by atoms with Gasteiger partial charge >= 0.3 is 6.61 Å². The molecule has 154 valence electrons. The van der Waals surface area contributed by atoms with Crippen LogP contribution in [0.3, 0.4) is 0 Å². The summed E-state index contributed by atoms with van der Waals surface area (Å²) < 4.78 is 48.7. The second-order valence-corrected chi connectivity index (χ2v) is 5.69. The van der Waals surface area contributed by atoms with Crippen molar-refractivity contribution in [2.45, 2.75) is 26.6 Å². The van der Waals surface area contributed by atoms with Gasteiger partial charge in [0.2, 0.25) is 0 Å². The molecule has 0 atom stereocenters. The third-order valence-electron chi connectivity index (χ3n) is 3.84. The predicted octanol–water partition coefficient (Wildman–Crippen LogP) is 4.23. The van der Waals surface area contributed by atoms with E-state index in [9.17, 15) is 13.2 Å². The highest BCUT2D eigenvalue weighted by molar-refractivity contribution is 14.0. The first-order valence-electron chi connectivity index (χ1n) is 8.24. The van der Waals surface area contributed by atoms with Gasteiger partial charge in [0.15, 0.2) is 5.96 Å². The molecule has 0 amide bonds. The van der Waals surface area contributed by atoms with Crippen molar-refractivity contribution in [3.8, 4) is 11.5 Å². The quantitative estimate of drug-likeness (QED) is 0.334. The highest BCUT2D eigenvalue weighted by Crippen LogP contribution is 2.23. The van der Waals surface area contributed by atoms with Crippen molar-refractivity contribution in [1.29, 1.82) is 0 Å². The molecule has 0 saturated carbocycles. The minimum Gasteiger partial charge on any atom is -0.496 e. The fourth-order valence-electron chi connectivity index (χ4n) is 2.49. The molecule has 0 fully saturated rings. The Hall–Kier alpha value is -2.17. The smallest absolute Gasteiger partial charge is 0.387 e. The molecule has 0 aromatic heterocycles. The van der Waals surface area contributed by atoms with Crippen molar-refractivity contribution >= 4 is 29.9 Å². The number of rotatable bonds is 7. The lowest BCUT2D eigenvalue weighted by atomic mass is 10.1. The van der Waals surface area contributed by atoms with Crippen LogP contribution in [0.2, 0.25) is 0 Å². The monoisotopic (exact) mass is 509 g/mol. The number of aliphatic imine (C=N–C) groups is 1. The zero-order chi connectivity index (χ0) is 19.8. The lowest BCUT2D eigenvalue weighted by Gasteiger charge is -2.16. The van der Waals surface area contributed by atoms with E-state index < -0.39 is 12.4 Å². The van der Waals surface area contributed by atoms with E-state index in [1.807, 2.05) is 25.1 Å². The summed E-state index contributed by atoms with van der Waals surface area (Å²) in [6.45, 7) is -0.717. The first-order chi connectivity index (χ1) is 12.9. The van der Waals surface area contributed by atoms with Crippen LogP contribution in [0.4, 0.5) is 13.2 Å². The van der Waals surface area contributed by atoms with Gasteiger partial charge in [-0.15, -0.1) is 24.0 Å². The van der Waals surface area contributed by atoms with Crippen LogP contribution in [-0.4, -0.2) is 26.7 Å². The maximum absolute atomic E-state index is 14.0. The molecule has 2 aromatic rings. The van der Waals surface area contributed by atoms with E-state index in [2.05, 4.69) is 20.4 Å². The highest BCUT2D eigenvalue weighted by atomic mass is 127. The molecule has 0 aliphatic heterocycles. The largest absolute Gasteiger partial charge is 0.496 e. The average Bonchev–Trinajstić information content (AvgIpc) is 2.63. The number of hydrogen-bond acceptors (Lipinski definition) is 3. The van der Waals surface area contributed by atoms with Gasteiger partial charge in [-0.05, 0) is 30.7 Å². The third-order valence-corrected chi connectivity index (χ3v) is 3.84. The topological polar surface area (TPSA) is 54.9 Å². The van der Waals surface area contributed by atoms with Crippen molar-refractivity contribution in [3.63, 3.8) is 0 Å². The van der Waals surface area contributed by atoms with Gasteiger partial charge in [0.1, 0.15) is 17.3 Å². The molecule has 5 nitrogen and oxygen atoms in total. The Bertz CT molecular complexity index is 804. The Morgan fingerprint density at radius 2 is 1.82 bits per heavy atom. The fourth-order valence-corrected chi connectivity index (χ4v) is 2.49. The molecule has 0 unspecified atom stereocenters. The molecular formula is C19H23F3IN3O2. The number of guanidine groups is 1. The fraction of sp³-hybridized carbons (Fsp3) is 0.316. The molecule has 0 bridgehead atoms. The summed E-state index contributed by atoms with van der Waals surface area (Å²) in [6, 6.07) is 9.60. The van der Waals surface area contributed by atoms with Crippen molar-refractivity contribution < 1.29 is 22.6 Å². The van der Waals surface area contributed by atoms with E-state index in [4.69, 9.17) is 4.74 Å². The summed E-state index contributed by atoms with van der Waals surface area (Å²) in [7, 11) is 3.15. The molecular weight excluding hydrogens is 486 g/mol. The maximum atomic E-state index is 14.0. The Kier molecular flexibility index (Phi) is 9.91. The molecule has 2 aromatic carbocycles. The van der Waals surface area contributed by atoms with Gasteiger partial charge in [0.05, 0.1) is 7.11 Å². The number of ether oxygens (including phenoxy) is 2. The minimum absolute atomic E-state index is 0. The Balaban J connectivity index is 0.00000392. The molecule has 0 aliphatic rings. The summed E-state index contributed by atoms with van der Waals surface area (Å²) in [6.07, 6.45) is 0. The van der Waals surface area contributed by atoms with Crippen LogP contribution >= 0.6 is 24.0 Å². The number of nitrogens with one attached hydrogen (secondary N) is 2. The van der Waals surface area contributed by atoms with Gasteiger partial charge in [0, 0.05) is 31.3 Å². The summed E-state index contributed by atoms with van der Waals surface area (Å²) in [5.41, 5.74) is 1.98. The summed E-state index contributed by atoms with van der Waals surface area (Å²) >= 11 is 0. The zero-order valence-corrected chi connectivity index (χ0v) is 18.1. The van der Waals surface area contributed by atoms with Crippen molar-refractivity contribution in [3.05, 3.63) is 58.9 Å². The third kappa shape index (κ3) is 6.77. The van der Waals surface area contributed by atoms with Gasteiger partial charge in [0.25, 0.3) is 0 Å². The van der Waals surface area contributed by atoms with Crippen LogP contribution < -0.4 is 20.1 Å². The lowest BCUT2D eigenvalue weighted by Crippen LogP contribution is -2.36. The molecule has 0 radical (unpaired) electrons. The Labute approximate surface area is 179 Å². The number of benzene rings is 2. The Morgan fingerprint density at radius 3 is 2.46 bits per heavy atom. The number of nitrogens with zero attached hydrogens (tertiary/aromatic N) is 1. The summed E-state index contributed by atoms with van der Waals surface area (Å²) in [5.74, 6) is 0.257. The molecule has 9 heteroatoms. The molecule has 0 spiro atoms. The van der Waals surface area contributed by atoms with Gasteiger partial charge in [-0.2, -0.15) is 8.78 Å². The van der Waals surface area contributed by atoms with Crippen LogP contribution in [0.25, 0.3) is 0 Å². The van der Waals surface area contributed by atoms with Gasteiger partial charge < -0.3 is 20.1 Å². The first-order valence-corrected chi connectivity index (χ1v) is 8.24. The molecule has 2 rings (SSSR count). The molecule has 28 heavy (non-hydrogen) atoms. The molecule has 0 saturated heterocycles. The van der Waals surface area contributed by atoms with E-state index in [1.165, 1.54) is 18.2 Å². The zero-order valence-electron chi connectivity index (χ0n) is 15.8. The van der Waals surface area contributed by atoms with Crippen LogP contribution in [0.15, 0.2) is 41.4 Å². The molecule has 2 N–H and O–H groups in total. The standard InChI is InChI=1S/C19H22F3N3O2.HI/c1-12-7-8-13(17(9-12)26-3)10-24-19(23-2)25-11-14-15(20)5-4-6-16(14)27-18(21)22;/h4-9,18H,10-11H2,1-3H3,(H2,23,24,25);1H. The van der Waals surface area contributed by atoms with Crippen LogP contribution in [0.5, 0.6) is 11.5 Å². The molecule has 0 aliphatic carbocycles.